The van der Waals surface area contributed by atoms with Crippen molar-refractivity contribution in [2.24, 2.45) is 0 Å². The molecule has 0 atom stereocenters. The number of nitrogens with zero attached hydrogens (tertiary/aromatic N) is 3. The number of unbranched alkanes of at least 4 members (excludes halogenated alkanes) is 4. The molecule has 0 aliphatic carbocycles. The van der Waals surface area contributed by atoms with E-state index in [-0.39, 0.29) is 12.2 Å². The summed E-state index contributed by atoms with van der Waals surface area (Å²) >= 11 is 0. The fourth-order valence-corrected chi connectivity index (χ4v) is 2.48. The first-order chi connectivity index (χ1) is 9.76. The third-order valence-electron chi connectivity index (χ3n) is 3.51. The van der Waals surface area contributed by atoms with Gasteiger partial charge in [-0.1, -0.05) is 32.6 Å². The highest BCUT2D eigenvalue weighted by Crippen LogP contribution is 2.19. The van der Waals surface area contributed by atoms with E-state index in [1.54, 1.807) is 6.07 Å². The maximum atomic E-state index is 13.2. The van der Waals surface area contributed by atoms with Crippen molar-refractivity contribution in [3.05, 3.63) is 29.8 Å². The third kappa shape index (κ3) is 3.36. The van der Waals surface area contributed by atoms with E-state index < -0.39 is 0 Å². The van der Waals surface area contributed by atoms with Crippen LogP contribution < -0.4 is 0 Å². The largest absolute Gasteiger partial charge is 0.327 e. The van der Waals surface area contributed by atoms with Crippen LogP contribution in [-0.4, -0.2) is 9.55 Å². The van der Waals surface area contributed by atoms with E-state index in [0.717, 1.165) is 24.3 Å². The van der Waals surface area contributed by atoms with Crippen molar-refractivity contribution in [1.29, 1.82) is 5.26 Å². The fourth-order valence-electron chi connectivity index (χ4n) is 2.48. The van der Waals surface area contributed by atoms with E-state index in [4.69, 9.17) is 5.26 Å². The summed E-state index contributed by atoms with van der Waals surface area (Å²) in [4.78, 5) is 4.38. The highest BCUT2D eigenvalue weighted by atomic mass is 19.1. The molecule has 1 aromatic carbocycles. The molecule has 1 heterocycles. The molecule has 0 N–H and O–H groups in total. The second kappa shape index (κ2) is 7.04. The Morgan fingerprint density at radius 2 is 2.05 bits per heavy atom. The fraction of sp³-hybridized carbons (Fsp3) is 0.500. The van der Waals surface area contributed by atoms with Crippen molar-refractivity contribution in [1.82, 2.24) is 9.55 Å². The predicted molar refractivity (Wildman–Crippen MR) is 77.8 cm³/mol. The normalized spacial score (nSPS) is 10.8. The van der Waals surface area contributed by atoms with E-state index in [0.29, 0.717) is 5.52 Å². The summed E-state index contributed by atoms with van der Waals surface area (Å²) in [6.45, 7) is 3.05. The summed E-state index contributed by atoms with van der Waals surface area (Å²) in [6.07, 6.45) is 6.26. The van der Waals surface area contributed by atoms with Gasteiger partial charge in [0.05, 0.1) is 23.5 Å². The third-order valence-corrected chi connectivity index (χ3v) is 3.51. The zero-order valence-electron chi connectivity index (χ0n) is 11.9. The number of hydrogen-bond donors (Lipinski definition) is 0. The highest BCUT2D eigenvalue weighted by molar-refractivity contribution is 5.76. The summed E-state index contributed by atoms with van der Waals surface area (Å²) in [6, 6.07) is 6.77. The molecule has 3 nitrogen and oxygen atoms in total. The van der Waals surface area contributed by atoms with Crippen molar-refractivity contribution >= 4 is 11.0 Å². The molecule has 0 saturated carbocycles. The van der Waals surface area contributed by atoms with Crippen molar-refractivity contribution in [2.75, 3.05) is 0 Å². The Bertz CT molecular complexity index is 610. The summed E-state index contributed by atoms with van der Waals surface area (Å²) < 4.78 is 15.3. The van der Waals surface area contributed by atoms with Crippen LogP contribution in [0.3, 0.4) is 0 Å². The van der Waals surface area contributed by atoms with Gasteiger partial charge in [0, 0.05) is 12.6 Å². The van der Waals surface area contributed by atoms with Crippen LogP contribution in [0.2, 0.25) is 0 Å². The first kappa shape index (κ1) is 14.5. The van der Waals surface area contributed by atoms with E-state index in [2.05, 4.69) is 22.5 Å². The summed E-state index contributed by atoms with van der Waals surface area (Å²) in [5, 5.41) is 8.89. The Labute approximate surface area is 119 Å². The number of aromatic nitrogens is 2. The average Bonchev–Trinajstić information content (AvgIpc) is 2.76. The maximum Gasteiger partial charge on any atom is 0.125 e. The molecule has 0 spiro atoms. The quantitative estimate of drug-likeness (QED) is 0.709. The van der Waals surface area contributed by atoms with Crippen LogP contribution in [0.15, 0.2) is 18.2 Å². The molecular weight excluding hydrogens is 253 g/mol. The number of imidazole rings is 1. The van der Waals surface area contributed by atoms with Gasteiger partial charge >= 0.3 is 0 Å². The Morgan fingerprint density at radius 3 is 2.80 bits per heavy atom. The van der Waals surface area contributed by atoms with E-state index in [1.807, 2.05) is 0 Å². The van der Waals surface area contributed by atoms with Gasteiger partial charge in [-0.2, -0.15) is 5.26 Å². The molecule has 4 heteroatoms. The molecule has 0 unspecified atom stereocenters. The van der Waals surface area contributed by atoms with Crippen LogP contribution >= 0.6 is 0 Å². The molecule has 0 saturated heterocycles. The average molecular weight is 273 g/mol. The van der Waals surface area contributed by atoms with Crippen LogP contribution in [0.5, 0.6) is 0 Å². The minimum absolute atomic E-state index is 0.269. The number of hydrogen-bond acceptors (Lipinski definition) is 2. The van der Waals surface area contributed by atoms with Gasteiger partial charge in [-0.3, -0.25) is 0 Å². The first-order valence-electron chi connectivity index (χ1n) is 7.28. The van der Waals surface area contributed by atoms with Gasteiger partial charge in [-0.05, 0) is 18.6 Å². The number of fused-ring (bicyclic) bond motifs is 1. The lowest BCUT2D eigenvalue weighted by Crippen LogP contribution is -2.03. The van der Waals surface area contributed by atoms with Crippen molar-refractivity contribution in [3.63, 3.8) is 0 Å². The number of halogens is 1. The van der Waals surface area contributed by atoms with Gasteiger partial charge in [0.25, 0.3) is 0 Å². The molecule has 0 fully saturated rings. The van der Waals surface area contributed by atoms with Crippen LogP contribution in [0, 0.1) is 17.1 Å². The lowest BCUT2D eigenvalue weighted by molar-refractivity contribution is 0.566. The van der Waals surface area contributed by atoms with Crippen molar-refractivity contribution in [3.8, 4) is 6.07 Å². The summed E-state index contributed by atoms with van der Waals surface area (Å²) in [5.41, 5.74) is 1.57. The van der Waals surface area contributed by atoms with Gasteiger partial charge in [-0.25, -0.2) is 9.37 Å². The van der Waals surface area contributed by atoms with Crippen LogP contribution in [0.1, 0.15) is 44.9 Å². The Kier molecular flexibility index (Phi) is 5.11. The SMILES string of the molecule is CCCCCCCn1c(CC#N)nc2cc(F)ccc21. The standard InChI is InChI=1S/C16H20FN3/c1-2-3-4-5-6-11-20-15-8-7-13(17)12-14(15)19-16(20)9-10-18/h7-8,12H,2-6,9,11H2,1H3. The molecule has 106 valence electrons. The summed E-state index contributed by atoms with van der Waals surface area (Å²) in [5.74, 6) is 0.456. The molecule has 0 aliphatic rings. The lowest BCUT2D eigenvalue weighted by Gasteiger charge is -2.07. The van der Waals surface area contributed by atoms with E-state index >= 15 is 0 Å². The molecule has 20 heavy (non-hydrogen) atoms. The van der Waals surface area contributed by atoms with Crippen LogP contribution in [-0.2, 0) is 13.0 Å². The zero-order chi connectivity index (χ0) is 14.4. The topological polar surface area (TPSA) is 41.6 Å². The molecular formula is C16H20FN3. The Hall–Kier alpha value is -1.89. The maximum absolute atomic E-state index is 13.2. The minimum Gasteiger partial charge on any atom is -0.327 e. The van der Waals surface area contributed by atoms with E-state index in [9.17, 15) is 4.39 Å². The second-order valence-electron chi connectivity index (χ2n) is 5.06. The van der Waals surface area contributed by atoms with Gasteiger partial charge in [0.15, 0.2) is 0 Å². The number of nitriles is 1. The van der Waals surface area contributed by atoms with Crippen molar-refractivity contribution < 1.29 is 4.39 Å². The van der Waals surface area contributed by atoms with E-state index in [1.165, 1.54) is 37.8 Å². The first-order valence-corrected chi connectivity index (χ1v) is 7.28. The monoisotopic (exact) mass is 273 g/mol. The molecule has 0 radical (unpaired) electrons. The molecule has 2 aromatic rings. The van der Waals surface area contributed by atoms with Gasteiger partial charge in [0.1, 0.15) is 11.6 Å². The number of aryl methyl sites for hydroxylation is 1. The number of benzene rings is 1. The summed E-state index contributed by atoms with van der Waals surface area (Å²) in [7, 11) is 0. The number of rotatable bonds is 7. The van der Waals surface area contributed by atoms with Crippen molar-refractivity contribution in [2.45, 2.75) is 52.0 Å². The minimum atomic E-state index is -0.284. The Balaban J connectivity index is 2.16. The zero-order valence-corrected chi connectivity index (χ0v) is 11.9. The second-order valence-corrected chi connectivity index (χ2v) is 5.06. The van der Waals surface area contributed by atoms with Gasteiger partial charge < -0.3 is 4.57 Å². The highest BCUT2D eigenvalue weighted by Gasteiger charge is 2.10. The van der Waals surface area contributed by atoms with Crippen LogP contribution in [0.4, 0.5) is 4.39 Å². The molecule has 0 amide bonds. The predicted octanol–water partition coefficient (Wildman–Crippen LogP) is 4.21. The molecule has 2 rings (SSSR count). The molecule has 1 aromatic heterocycles. The van der Waals surface area contributed by atoms with Gasteiger partial charge in [0.2, 0.25) is 0 Å². The van der Waals surface area contributed by atoms with Crippen LogP contribution in [0.25, 0.3) is 11.0 Å². The smallest absolute Gasteiger partial charge is 0.125 e. The molecule has 0 bridgehead atoms. The Morgan fingerprint density at radius 1 is 1.25 bits per heavy atom. The lowest BCUT2D eigenvalue weighted by atomic mass is 10.1. The molecule has 0 aliphatic heterocycles. The van der Waals surface area contributed by atoms with Gasteiger partial charge in [-0.15, -0.1) is 0 Å².